The van der Waals surface area contributed by atoms with Crippen molar-refractivity contribution in [2.45, 2.75) is 32.2 Å². The number of rotatable bonds is 6. The molecule has 4 nitrogen and oxygen atoms in total. The van der Waals surface area contributed by atoms with Crippen LogP contribution in [0.2, 0.25) is 0 Å². The summed E-state index contributed by atoms with van der Waals surface area (Å²) >= 11 is 0. The maximum atomic E-state index is 12.1. The van der Waals surface area contributed by atoms with E-state index in [-0.39, 0.29) is 18.6 Å². The van der Waals surface area contributed by atoms with Gasteiger partial charge in [-0.15, -0.1) is 0 Å². The molecule has 1 aliphatic heterocycles. The van der Waals surface area contributed by atoms with E-state index in [1.807, 2.05) is 0 Å². The van der Waals surface area contributed by atoms with Gasteiger partial charge in [-0.25, -0.2) is 0 Å². The normalized spacial score (nSPS) is 27.5. The zero-order valence-electron chi connectivity index (χ0n) is 14.4. The summed E-state index contributed by atoms with van der Waals surface area (Å²) in [7, 11) is 1.56. The van der Waals surface area contributed by atoms with Crippen LogP contribution in [0.3, 0.4) is 0 Å². The zero-order valence-corrected chi connectivity index (χ0v) is 14.4. The smallest absolute Gasteiger partial charge is 0.246 e. The van der Waals surface area contributed by atoms with E-state index in [0.717, 1.165) is 25.6 Å². The molecule has 1 aliphatic carbocycles. The highest BCUT2D eigenvalue weighted by Crippen LogP contribution is 2.49. The standard InChI is InChI=1S/C19H28N2O2/c1-4-13(2)9-21-10-16-14-7-5-6-8-15(14)19(17(16)11-21)20-18(22)12-23-3/h5-8,13,16-17,19H,4,9-12H2,1-3H3,(H,20,22)/t13-,16+,17+,19-/m1/s1. The van der Waals surface area contributed by atoms with Crippen molar-refractivity contribution in [1.82, 2.24) is 10.2 Å². The summed E-state index contributed by atoms with van der Waals surface area (Å²) in [5.41, 5.74) is 2.72. The predicted octanol–water partition coefficient (Wildman–Crippen LogP) is 2.57. The first-order chi connectivity index (χ1) is 11.1. The Bertz CT molecular complexity index is 560. The lowest BCUT2D eigenvalue weighted by molar-refractivity contribution is -0.125. The van der Waals surface area contributed by atoms with Crippen LogP contribution in [0.15, 0.2) is 24.3 Å². The molecule has 1 heterocycles. The fourth-order valence-corrected chi connectivity index (χ4v) is 4.19. The van der Waals surface area contributed by atoms with Gasteiger partial charge in [-0.2, -0.15) is 0 Å². The van der Waals surface area contributed by atoms with Crippen LogP contribution < -0.4 is 5.32 Å². The summed E-state index contributed by atoms with van der Waals surface area (Å²) in [6.07, 6.45) is 1.22. The molecule has 2 aliphatic rings. The second-order valence-electron chi connectivity index (χ2n) is 7.11. The zero-order chi connectivity index (χ0) is 16.4. The molecule has 1 saturated heterocycles. The van der Waals surface area contributed by atoms with Crippen molar-refractivity contribution in [2.75, 3.05) is 33.4 Å². The number of fused-ring (bicyclic) bond motifs is 3. The molecule has 3 rings (SSSR count). The number of amides is 1. The van der Waals surface area contributed by atoms with Crippen molar-refractivity contribution in [3.05, 3.63) is 35.4 Å². The van der Waals surface area contributed by atoms with E-state index in [4.69, 9.17) is 4.74 Å². The highest BCUT2D eigenvalue weighted by atomic mass is 16.5. The molecular formula is C19H28N2O2. The third kappa shape index (κ3) is 3.29. The molecule has 4 atom stereocenters. The van der Waals surface area contributed by atoms with Crippen molar-refractivity contribution in [1.29, 1.82) is 0 Å². The number of hydrogen-bond acceptors (Lipinski definition) is 3. The monoisotopic (exact) mass is 316 g/mol. The van der Waals surface area contributed by atoms with Gasteiger partial charge in [0.25, 0.3) is 0 Å². The van der Waals surface area contributed by atoms with Gasteiger partial charge in [0.15, 0.2) is 0 Å². The number of methoxy groups -OCH3 is 1. The minimum atomic E-state index is -0.0201. The first kappa shape index (κ1) is 16.5. The molecule has 1 aromatic carbocycles. The van der Waals surface area contributed by atoms with E-state index in [1.165, 1.54) is 17.5 Å². The Balaban J connectivity index is 1.78. The van der Waals surface area contributed by atoms with Crippen LogP contribution in [0.1, 0.15) is 43.4 Å². The third-order valence-electron chi connectivity index (χ3n) is 5.46. The van der Waals surface area contributed by atoms with E-state index in [2.05, 4.69) is 48.3 Å². The Morgan fingerprint density at radius 3 is 2.78 bits per heavy atom. The maximum Gasteiger partial charge on any atom is 0.246 e. The molecule has 1 amide bonds. The Labute approximate surface area is 139 Å². The van der Waals surface area contributed by atoms with E-state index in [1.54, 1.807) is 7.11 Å². The molecule has 0 spiro atoms. The number of likely N-dealkylation sites (tertiary alicyclic amines) is 1. The van der Waals surface area contributed by atoms with Crippen LogP contribution in [-0.4, -0.2) is 44.2 Å². The number of nitrogens with zero attached hydrogens (tertiary/aromatic N) is 1. The molecule has 23 heavy (non-hydrogen) atoms. The minimum absolute atomic E-state index is 0.0201. The molecule has 0 saturated carbocycles. The maximum absolute atomic E-state index is 12.1. The van der Waals surface area contributed by atoms with Gasteiger partial charge in [0, 0.05) is 38.6 Å². The van der Waals surface area contributed by atoms with Crippen molar-refractivity contribution < 1.29 is 9.53 Å². The molecule has 0 unspecified atom stereocenters. The number of carbonyl (C=O) groups excluding carboxylic acids is 1. The summed E-state index contributed by atoms with van der Waals surface area (Å²) in [5, 5.41) is 3.20. The van der Waals surface area contributed by atoms with Gasteiger partial charge in [0.2, 0.25) is 5.91 Å². The second-order valence-corrected chi connectivity index (χ2v) is 7.11. The minimum Gasteiger partial charge on any atom is -0.375 e. The largest absolute Gasteiger partial charge is 0.375 e. The van der Waals surface area contributed by atoms with Gasteiger partial charge < -0.3 is 15.0 Å². The molecule has 1 N–H and O–H groups in total. The Morgan fingerprint density at radius 2 is 2.09 bits per heavy atom. The van der Waals surface area contributed by atoms with E-state index in [0.29, 0.717) is 11.8 Å². The van der Waals surface area contributed by atoms with Gasteiger partial charge >= 0.3 is 0 Å². The van der Waals surface area contributed by atoms with Crippen LogP contribution >= 0.6 is 0 Å². The molecule has 0 radical (unpaired) electrons. The highest BCUT2D eigenvalue weighted by molar-refractivity contribution is 5.78. The van der Waals surface area contributed by atoms with Gasteiger partial charge in [-0.3, -0.25) is 4.79 Å². The summed E-state index contributed by atoms with van der Waals surface area (Å²) in [6.45, 7) is 8.05. The number of nitrogens with one attached hydrogen (secondary N) is 1. The Hall–Kier alpha value is -1.39. The fraction of sp³-hybridized carbons (Fsp3) is 0.632. The van der Waals surface area contributed by atoms with Crippen molar-refractivity contribution in [2.24, 2.45) is 11.8 Å². The molecule has 126 valence electrons. The number of benzene rings is 1. The van der Waals surface area contributed by atoms with Crippen LogP contribution in [-0.2, 0) is 9.53 Å². The molecular weight excluding hydrogens is 288 g/mol. The van der Waals surface area contributed by atoms with Crippen molar-refractivity contribution in [3.63, 3.8) is 0 Å². The highest BCUT2D eigenvalue weighted by Gasteiger charge is 2.46. The molecule has 0 bridgehead atoms. The van der Waals surface area contributed by atoms with E-state index in [9.17, 15) is 4.79 Å². The number of hydrogen-bond donors (Lipinski definition) is 1. The van der Waals surface area contributed by atoms with E-state index < -0.39 is 0 Å². The summed E-state index contributed by atoms with van der Waals surface area (Å²) in [5.74, 6) is 1.74. The SMILES string of the molecule is CC[C@@H](C)CN1C[C@@H]2[C@H](NC(=O)COC)c3ccccc3[C@@H]2C1. The predicted molar refractivity (Wildman–Crippen MR) is 91.3 cm³/mol. The van der Waals surface area contributed by atoms with Gasteiger partial charge in [-0.1, -0.05) is 44.5 Å². The third-order valence-corrected chi connectivity index (χ3v) is 5.46. The van der Waals surface area contributed by atoms with Crippen LogP contribution in [0, 0.1) is 11.8 Å². The van der Waals surface area contributed by atoms with Crippen LogP contribution in [0.5, 0.6) is 0 Å². The van der Waals surface area contributed by atoms with Gasteiger partial charge in [0.1, 0.15) is 6.61 Å². The van der Waals surface area contributed by atoms with Crippen LogP contribution in [0.4, 0.5) is 0 Å². The number of carbonyl (C=O) groups is 1. The van der Waals surface area contributed by atoms with Crippen molar-refractivity contribution in [3.8, 4) is 0 Å². The molecule has 1 aromatic rings. The van der Waals surface area contributed by atoms with Gasteiger partial charge in [0.05, 0.1) is 6.04 Å². The lowest BCUT2D eigenvalue weighted by Gasteiger charge is -2.24. The quantitative estimate of drug-likeness (QED) is 0.877. The van der Waals surface area contributed by atoms with E-state index >= 15 is 0 Å². The molecule has 4 heteroatoms. The Morgan fingerprint density at radius 1 is 1.35 bits per heavy atom. The topological polar surface area (TPSA) is 41.6 Å². The van der Waals surface area contributed by atoms with Crippen molar-refractivity contribution >= 4 is 5.91 Å². The first-order valence-corrected chi connectivity index (χ1v) is 8.73. The lowest BCUT2D eigenvalue weighted by Crippen LogP contribution is -2.36. The number of ether oxygens (including phenoxy) is 1. The average molecular weight is 316 g/mol. The second kappa shape index (κ2) is 7.02. The average Bonchev–Trinajstić information content (AvgIpc) is 3.06. The summed E-state index contributed by atoms with van der Waals surface area (Å²) in [4.78, 5) is 14.6. The summed E-state index contributed by atoms with van der Waals surface area (Å²) < 4.78 is 4.98. The lowest BCUT2D eigenvalue weighted by atomic mass is 9.94. The van der Waals surface area contributed by atoms with Crippen LogP contribution in [0.25, 0.3) is 0 Å². The molecule has 0 aromatic heterocycles. The summed E-state index contributed by atoms with van der Waals surface area (Å²) in [6, 6.07) is 8.73. The van der Waals surface area contributed by atoms with Gasteiger partial charge in [-0.05, 0) is 17.0 Å². The Kier molecular flexibility index (Phi) is 5.02. The fourth-order valence-electron chi connectivity index (χ4n) is 4.19. The molecule has 1 fully saturated rings. The first-order valence-electron chi connectivity index (χ1n) is 8.73.